The molecule has 0 saturated carbocycles. The van der Waals surface area contributed by atoms with Gasteiger partial charge in [-0.1, -0.05) is 36.4 Å². The molecule has 3 aromatic rings. The molecule has 234 valence electrons. The predicted octanol–water partition coefficient (Wildman–Crippen LogP) is 7.61. The van der Waals surface area contributed by atoms with Gasteiger partial charge < -0.3 is 15.0 Å². The van der Waals surface area contributed by atoms with Crippen molar-refractivity contribution in [3.05, 3.63) is 88.5 Å². The number of likely N-dealkylation sites (tertiary alicyclic amines) is 1. The Labute approximate surface area is 257 Å². The van der Waals surface area contributed by atoms with E-state index in [9.17, 15) is 22.8 Å². The van der Waals surface area contributed by atoms with Crippen LogP contribution in [0.5, 0.6) is 5.75 Å². The molecule has 1 heterocycles. The molecule has 1 fully saturated rings. The van der Waals surface area contributed by atoms with Crippen molar-refractivity contribution in [1.82, 2.24) is 10.2 Å². The molecule has 2 aliphatic rings. The second-order valence-corrected chi connectivity index (χ2v) is 12.1. The molecule has 1 amide bonds. The number of amides is 1. The lowest BCUT2D eigenvalue weighted by Gasteiger charge is -2.34. The van der Waals surface area contributed by atoms with E-state index in [0.717, 1.165) is 81.6 Å². The number of benzene rings is 3. The van der Waals surface area contributed by atoms with E-state index in [1.165, 1.54) is 41.7 Å². The van der Waals surface area contributed by atoms with Crippen molar-refractivity contribution in [2.75, 3.05) is 32.8 Å². The second kappa shape index (κ2) is 14.4. The summed E-state index contributed by atoms with van der Waals surface area (Å²) in [6.45, 7) is 5.32. The van der Waals surface area contributed by atoms with E-state index in [1.807, 2.05) is 0 Å². The molecule has 1 aliphatic carbocycles. The maximum atomic E-state index is 12.8. The summed E-state index contributed by atoms with van der Waals surface area (Å²) >= 11 is 0. The van der Waals surface area contributed by atoms with Gasteiger partial charge in [0, 0.05) is 12.1 Å². The van der Waals surface area contributed by atoms with Gasteiger partial charge in [-0.25, -0.2) is 0 Å². The van der Waals surface area contributed by atoms with Crippen LogP contribution in [0.3, 0.4) is 0 Å². The summed E-state index contributed by atoms with van der Waals surface area (Å²) in [5.41, 5.74) is 5.22. The Morgan fingerprint density at radius 2 is 1.55 bits per heavy atom. The lowest BCUT2D eigenvalue weighted by Crippen LogP contribution is -2.34. The number of nitrogens with zero attached hydrogens (tertiary/aromatic N) is 1. The van der Waals surface area contributed by atoms with E-state index < -0.39 is 11.7 Å². The summed E-state index contributed by atoms with van der Waals surface area (Å²) in [6.07, 6.45) is 4.13. The van der Waals surface area contributed by atoms with Crippen molar-refractivity contribution in [2.24, 2.45) is 0 Å². The third kappa shape index (κ3) is 8.08. The van der Waals surface area contributed by atoms with Crippen molar-refractivity contribution >= 4 is 11.7 Å². The molecular formula is C36H41F3N2O3. The number of ketones is 1. The van der Waals surface area contributed by atoms with Crippen molar-refractivity contribution in [3.8, 4) is 16.9 Å². The van der Waals surface area contributed by atoms with Gasteiger partial charge in [-0.2, -0.15) is 13.2 Å². The second-order valence-electron chi connectivity index (χ2n) is 12.1. The first kappa shape index (κ1) is 31.8. The number of unbranched alkanes of at least 4 members (excludes halogenated alkanes) is 1. The first-order valence-corrected chi connectivity index (χ1v) is 15.7. The molecule has 1 aliphatic heterocycles. The molecule has 0 atom stereocenters. The van der Waals surface area contributed by atoms with Crippen LogP contribution in [-0.2, 0) is 23.8 Å². The van der Waals surface area contributed by atoms with Crippen molar-refractivity contribution in [1.29, 1.82) is 0 Å². The van der Waals surface area contributed by atoms with E-state index in [0.29, 0.717) is 23.6 Å². The summed E-state index contributed by atoms with van der Waals surface area (Å²) in [6, 6.07) is 16.4. The standard InChI is InChI=1S/C36H41F3N2O3/c1-25(42)24-44-34-32-7-3-2-6-28(32)14-17-33(34)29-18-22-41(23-19-29)21-5-4-20-40-35(43)30-10-8-26(9-11-30)27-12-15-31(16-13-27)36(37,38)39/h8-17,29H,2-7,18-24H2,1H3,(H,40,43). The summed E-state index contributed by atoms with van der Waals surface area (Å²) in [4.78, 5) is 26.8. The Kier molecular flexibility index (Phi) is 10.4. The van der Waals surface area contributed by atoms with Gasteiger partial charge in [-0.3, -0.25) is 9.59 Å². The number of carbonyl (C=O) groups is 2. The summed E-state index contributed by atoms with van der Waals surface area (Å²) in [7, 11) is 0. The smallest absolute Gasteiger partial charge is 0.416 e. The zero-order chi connectivity index (χ0) is 31.1. The van der Waals surface area contributed by atoms with Gasteiger partial charge in [0.05, 0.1) is 5.56 Å². The normalized spacial score (nSPS) is 15.9. The predicted molar refractivity (Wildman–Crippen MR) is 166 cm³/mol. The monoisotopic (exact) mass is 606 g/mol. The molecule has 0 bridgehead atoms. The van der Waals surface area contributed by atoms with Crippen LogP contribution >= 0.6 is 0 Å². The lowest BCUT2D eigenvalue weighted by atomic mass is 9.83. The van der Waals surface area contributed by atoms with E-state index in [2.05, 4.69) is 22.3 Å². The van der Waals surface area contributed by atoms with Gasteiger partial charge in [-0.15, -0.1) is 0 Å². The molecule has 1 saturated heterocycles. The average molecular weight is 607 g/mol. The van der Waals surface area contributed by atoms with Crippen molar-refractivity contribution in [2.45, 2.75) is 70.4 Å². The molecule has 8 heteroatoms. The van der Waals surface area contributed by atoms with Gasteiger partial charge in [0.2, 0.25) is 0 Å². The van der Waals surface area contributed by atoms with Gasteiger partial charge in [0.25, 0.3) is 5.91 Å². The highest BCUT2D eigenvalue weighted by Crippen LogP contribution is 2.40. The van der Waals surface area contributed by atoms with Crippen LogP contribution in [0.15, 0.2) is 60.7 Å². The summed E-state index contributed by atoms with van der Waals surface area (Å²) in [5.74, 6) is 1.30. The number of hydrogen-bond acceptors (Lipinski definition) is 4. The maximum absolute atomic E-state index is 12.8. The third-order valence-corrected chi connectivity index (χ3v) is 8.84. The fraction of sp³-hybridized carbons (Fsp3) is 0.444. The highest BCUT2D eigenvalue weighted by Gasteiger charge is 2.30. The molecule has 0 aromatic heterocycles. The lowest BCUT2D eigenvalue weighted by molar-refractivity contribution is -0.137. The SMILES string of the molecule is CC(=O)COc1c(C2CCN(CCCCNC(=O)c3ccc(-c4ccc(C(F)(F)F)cc4)cc3)CC2)ccc2c1CCCC2. The highest BCUT2D eigenvalue weighted by molar-refractivity contribution is 5.94. The van der Waals surface area contributed by atoms with Gasteiger partial charge >= 0.3 is 6.18 Å². The fourth-order valence-electron chi connectivity index (χ4n) is 6.38. The molecule has 44 heavy (non-hydrogen) atoms. The van der Waals surface area contributed by atoms with Crippen LogP contribution < -0.4 is 10.1 Å². The van der Waals surface area contributed by atoms with Crippen LogP contribution in [0.2, 0.25) is 0 Å². The van der Waals surface area contributed by atoms with Crippen LogP contribution in [0.4, 0.5) is 13.2 Å². The minimum atomic E-state index is -4.36. The molecule has 5 rings (SSSR count). The van der Waals surface area contributed by atoms with E-state index in [1.54, 1.807) is 31.2 Å². The Balaban J connectivity index is 1.04. The molecule has 3 aromatic carbocycles. The number of hydrogen-bond donors (Lipinski definition) is 1. The number of Topliss-reactive ketones (excluding diaryl/α,β-unsaturated/α-hetero) is 1. The minimum absolute atomic E-state index is 0.0463. The Morgan fingerprint density at radius 3 is 2.20 bits per heavy atom. The number of ether oxygens (including phenoxy) is 1. The maximum Gasteiger partial charge on any atom is 0.416 e. The number of nitrogens with one attached hydrogen (secondary N) is 1. The molecule has 5 nitrogen and oxygen atoms in total. The topological polar surface area (TPSA) is 58.6 Å². The van der Waals surface area contributed by atoms with E-state index in [4.69, 9.17) is 4.74 Å². The number of halogens is 3. The Morgan fingerprint density at radius 1 is 0.886 bits per heavy atom. The summed E-state index contributed by atoms with van der Waals surface area (Å²) < 4.78 is 44.6. The Hall–Kier alpha value is -3.65. The van der Waals surface area contributed by atoms with Gasteiger partial charge in [0.15, 0.2) is 5.78 Å². The Bertz CT molecular complexity index is 1430. The zero-order valence-corrected chi connectivity index (χ0v) is 25.3. The van der Waals surface area contributed by atoms with Crippen LogP contribution in [0.25, 0.3) is 11.1 Å². The van der Waals surface area contributed by atoms with Crippen LogP contribution in [-0.4, -0.2) is 49.4 Å². The van der Waals surface area contributed by atoms with E-state index in [-0.39, 0.29) is 18.3 Å². The van der Waals surface area contributed by atoms with Crippen LogP contribution in [0.1, 0.15) is 84.0 Å². The molecule has 0 radical (unpaired) electrons. The summed E-state index contributed by atoms with van der Waals surface area (Å²) in [5, 5.41) is 2.98. The average Bonchev–Trinajstić information content (AvgIpc) is 3.03. The quantitative estimate of drug-likeness (QED) is 0.228. The van der Waals surface area contributed by atoms with Gasteiger partial charge in [0.1, 0.15) is 12.4 Å². The number of rotatable bonds is 11. The van der Waals surface area contributed by atoms with E-state index >= 15 is 0 Å². The first-order valence-electron chi connectivity index (χ1n) is 15.7. The molecule has 0 unspecified atom stereocenters. The molecular weight excluding hydrogens is 565 g/mol. The number of aryl methyl sites for hydroxylation is 1. The largest absolute Gasteiger partial charge is 0.485 e. The molecule has 1 N–H and O–H groups in total. The number of alkyl halides is 3. The zero-order valence-electron chi connectivity index (χ0n) is 25.3. The third-order valence-electron chi connectivity index (χ3n) is 8.84. The number of carbonyl (C=O) groups excluding carboxylic acids is 2. The minimum Gasteiger partial charge on any atom is -0.485 e. The van der Waals surface area contributed by atoms with Crippen molar-refractivity contribution < 1.29 is 27.5 Å². The fourth-order valence-corrected chi connectivity index (χ4v) is 6.38. The van der Waals surface area contributed by atoms with Crippen molar-refractivity contribution in [3.63, 3.8) is 0 Å². The van der Waals surface area contributed by atoms with Crippen LogP contribution in [0, 0.1) is 0 Å². The number of fused-ring (bicyclic) bond motifs is 1. The molecule has 0 spiro atoms. The first-order chi connectivity index (χ1) is 21.2. The number of piperidine rings is 1. The highest BCUT2D eigenvalue weighted by atomic mass is 19.4. The van der Waals surface area contributed by atoms with Gasteiger partial charge in [-0.05, 0) is 136 Å².